The minimum atomic E-state index is -0.427. The van der Waals surface area contributed by atoms with Crippen LogP contribution in [0.4, 0.5) is 11.4 Å². The molecular weight excluding hydrogens is 430 g/mol. The fourth-order valence-corrected chi connectivity index (χ4v) is 4.73. The first-order valence-electron chi connectivity index (χ1n) is 11.3. The van der Waals surface area contributed by atoms with E-state index in [-0.39, 0.29) is 28.8 Å². The molecule has 5 rings (SSSR count). The van der Waals surface area contributed by atoms with Gasteiger partial charge in [0.1, 0.15) is 5.75 Å². The molecule has 172 valence electrons. The fourth-order valence-electron chi connectivity index (χ4n) is 4.73. The molecule has 3 aromatic carbocycles. The summed E-state index contributed by atoms with van der Waals surface area (Å²) in [6.45, 7) is 4.50. The molecule has 0 spiro atoms. The number of para-hydroxylation sites is 2. The molecule has 1 aliphatic heterocycles. The smallest absolute Gasteiger partial charge is 0.241 e. The maximum Gasteiger partial charge on any atom is 0.241 e. The van der Waals surface area contributed by atoms with E-state index in [1.165, 1.54) is 0 Å². The van der Waals surface area contributed by atoms with E-state index in [0.717, 1.165) is 5.69 Å². The normalized spacial score (nSPS) is 16.6. The molecule has 0 saturated carbocycles. The first kappa shape index (κ1) is 21.9. The summed E-state index contributed by atoms with van der Waals surface area (Å²) in [6.07, 6.45) is 0. The fraction of sp³-hybridized carbons (Fsp3) is 0.222. The summed E-state index contributed by atoms with van der Waals surface area (Å²) in [5, 5.41) is 13.0. The highest BCUT2D eigenvalue weighted by Gasteiger charge is 2.33. The van der Waals surface area contributed by atoms with Crippen molar-refractivity contribution in [1.82, 2.24) is 4.90 Å². The lowest BCUT2D eigenvalue weighted by atomic mass is 9.83. The number of hydrogen-bond donors (Lipinski definition) is 2. The summed E-state index contributed by atoms with van der Waals surface area (Å²) >= 11 is 0. The van der Waals surface area contributed by atoms with Crippen LogP contribution < -0.4 is 10.2 Å². The number of rotatable bonds is 4. The molecule has 1 heterocycles. The zero-order chi connectivity index (χ0) is 23.8. The first-order chi connectivity index (χ1) is 16.5. The average Bonchev–Trinajstić information content (AvgIpc) is 2.87. The topological polar surface area (TPSA) is 90.0 Å². The number of anilines is 2. The SMILES string of the molecule is C[C@@H](C(=O)Nc1cccc2c1C(=O)c1ccccc1C2=O)N1CCN(c2ccccc2O)CC1. The van der Waals surface area contributed by atoms with Crippen molar-refractivity contribution >= 4 is 28.8 Å². The molecule has 34 heavy (non-hydrogen) atoms. The lowest BCUT2D eigenvalue weighted by Crippen LogP contribution is -2.53. The van der Waals surface area contributed by atoms with Gasteiger partial charge < -0.3 is 15.3 Å². The molecular formula is C27H25N3O4. The van der Waals surface area contributed by atoms with Crippen LogP contribution in [-0.4, -0.2) is 59.7 Å². The number of phenolic OH excluding ortho intramolecular Hbond substituents is 1. The Balaban J connectivity index is 1.31. The Morgan fingerprint density at radius 1 is 0.824 bits per heavy atom. The molecule has 2 N–H and O–H groups in total. The van der Waals surface area contributed by atoms with E-state index in [0.29, 0.717) is 48.6 Å². The van der Waals surface area contributed by atoms with Crippen molar-refractivity contribution in [3.8, 4) is 5.75 Å². The number of amides is 1. The van der Waals surface area contributed by atoms with Crippen LogP contribution in [0.5, 0.6) is 5.75 Å². The van der Waals surface area contributed by atoms with Crippen LogP contribution in [0.3, 0.4) is 0 Å². The van der Waals surface area contributed by atoms with E-state index >= 15 is 0 Å². The summed E-state index contributed by atoms with van der Waals surface area (Å²) in [6, 6.07) is 18.6. The summed E-state index contributed by atoms with van der Waals surface area (Å²) in [4.78, 5) is 43.4. The molecule has 0 radical (unpaired) electrons. The Kier molecular flexibility index (Phi) is 5.63. The van der Waals surface area contributed by atoms with Gasteiger partial charge >= 0.3 is 0 Å². The highest BCUT2D eigenvalue weighted by molar-refractivity contribution is 6.30. The number of ketones is 2. The van der Waals surface area contributed by atoms with E-state index < -0.39 is 6.04 Å². The molecule has 0 bridgehead atoms. The van der Waals surface area contributed by atoms with Gasteiger partial charge in [-0.25, -0.2) is 0 Å². The number of carbonyl (C=O) groups excluding carboxylic acids is 3. The minimum absolute atomic E-state index is 0.213. The van der Waals surface area contributed by atoms with Gasteiger partial charge in [0.05, 0.1) is 23.0 Å². The maximum absolute atomic E-state index is 13.2. The van der Waals surface area contributed by atoms with Crippen LogP contribution >= 0.6 is 0 Å². The number of nitrogens with zero attached hydrogens (tertiary/aromatic N) is 2. The van der Waals surface area contributed by atoms with Gasteiger partial charge in [-0.1, -0.05) is 48.5 Å². The second-order valence-electron chi connectivity index (χ2n) is 8.61. The van der Waals surface area contributed by atoms with Gasteiger partial charge in [-0.15, -0.1) is 0 Å². The van der Waals surface area contributed by atoms with E-state index in [1.54, 1.807) is 54.6 Å². The van der Waals surface area contributed by atoms with E-state index in [1.807, 2.05) is 19.1 Å². The van der Waals surface area contributed by atoms with Crippen LogP contribution in [-0.2, 0) is 4.79 Å². The van der Waals surface area contributed by atoms with Crippen molar-refractivity contribution in [3.05, 3.63) is 89.0 Å². The highest BCUT2D eigenvalue weighted by atomic mass is 16.3. The lowest BCUT2D eigenvalue weighted by molar-refractivity contribution is -0.120. The largest absolute Gasteiger partial charge is 0.506 e. The number of nitrogens with one attached hydrogen (secondary N) is 1. The van der Waals surface area contributed by atoms with Gasteiger partial charge in [-0.2, -0.15) is 0 Å². The number of fused-ring (bicyclic) bond motifs is 2. The molecule has 1 saturated heterocycles. The molecule has 7 nitrogen and oxygen atoms in total. The van der Waals surface area contributed by atoms with Crippen molar-refractivity contribution < 1.29 is 19.5 Å². The third kappa shape index (κ3) is 3.74. The maximum atomic E-state index is 13.2. The Labute approximate surface area is 197 Å². The summed E-state index contributed by atoms with van der Waals surface area (Å²) in [5.41, 5.74) is 2.45. The van der Waals surface area contributed by atoms with Crippen LogP contribution in [0.15, 0.2) is 66.7 Å². The minimum Gasteiger partial charge on any atom is -0.506 e. The zero-order valence-electron chi connectivity index (χ0n) is 18.8. The Morgan fingerprint density at radius 2 is 1.44 bits per heavy atom. The molecule has 3 aromatic rings. The van der Waals surface area contributed by atoms with Crippen LogP contribution in [0.25, 0.3) is 0 Å². The third-order valence-corrected chi connectivity index (χ3v) is 6.67. The van der Waals surface area contributed by atoms with Crippen molar-refractivity contribution in [1.29, 1.82) is 0 Å². The van der Waals surface area contributed by atoms with Crippen LogP contribution in [0, 0.1) is 0 Å². The van der Waals surface area contributed by atoms with Gasteiger partial charge in [-0.05, 0) is 25.1 Å². The molecule has 2 aliphatic rings. The first-order valence-corrected chi connectivity index (χ1v) is 11.3. The molecule has 7 heteroatoms. The van der Waals surface area contributed by atoms with Gasteiger partial charge in [0, 0.05) is 42.9 Å². The molecule has 0 unspecified atom stereocenters. The number of hydrogen-bond acceptors (Lipinski definition) is 6. The molecule has 1 fully saturated rings. The Hall–Kier alpha value is -3.97. The molecule has 1 aliphatic carbocycles. The Bertz CT molecular complexity index is 1290. The van der Waals surface area contributed by atoms with Crippen LogP contribution in [0.1, 0.15) is 38.8 Å². The molecule has 1 atom stereocenters. The average molecular weight is 456 g/mol. The quantitative estimate of drug-likeness (QED) is 0.491. The summed E-state index contributed by atoms with van der Waals surface area (Å²) in [5.74, 6) is -0.459. The van der Waals surface area contributed by atoms with Crippen molar-refractivity contribution in [2.45, 2.75) is 13.0 Å². The zero-order valence-corrected chi connectivity index (χ0v) is 18.8. The van der Waals surface area contributed by atoms with Gasteiger partial charge in [-0.3, -0.25) is 19.3 Å². The third-order valence-electron chi connectivity index (χ3n) is 6.67. The molecule has 0 aromatic heterocycles. The van der Waals surface area contributed by atoms with Crippen LogP contribution in [0.2, 0.25) is 0 Å². The van der Waals surface area contributed by atoms with Crippen molar-refractivity contribution in [2.75, 3.05) is 36.4 Å². The summed E-state index contributed by atoms with van der Waals surface area (Å²) in [7, 11) is 0. The Morgan fingerprint density at radius 3 is 2.15 bits per heavy atom. The van der Waals surface area contributed by atoms with Gasteiger partial charge in [0.25, 0.3) is 0 Å². The molecule has 1 amide bonds. The van der Waals surface area contributed by atoms with E-state index in [4.69, 9.17) is 0 Å². The van der Waals surface area contributed by atoms with E-state index in [9.17, 15) is 19.5 Å². The highest BCUT2D eigenvalue weighted by Crippen LogP contribution is 2.32. The second kappa shape index (κ2) is 8.76. The second-order valence-corrected chi connectivity index (χ2v) is 8.61. The predicted molar refractivity (Wildman–Crippen MR) is 130 cm³/mol. The lowest BCUT2D eigenvalue weighted by Gasteiger charge is -2.38. The van der Waals surface area contributed by atoms with Gasteiger partial charge in [0.2, 0.25) is 5.91 Å². The number of phenols is 1. The van der Waals surface area contributed by atoms with Crippen molar-refractivity contribution in [2.24, 2.45) is 0 Å². The predicted octanol–water partition coefficient (Wildman–Crippen LogP) is 3.32. The standard InChI is InChI=1S/C27H25N3O4/c1-17(29-13-15-30(16-14-29)22-11-4-5-12-23(22)31)27(34)28-21-10-6-9-20-24(21)26(33)19-8-3-2-7-18(19)25(20)32/h2-12,17,31H,13-16H2,1H3,(H,28,34)/t17-/m0/s1. The monoisotopic (exact) mass is 455 g/mol. The van der Waals surface area contributed by atoms with Crippen molar-refractivity contribution in [3.63, 3.8) is 0 Å². The number of carbonyl (C=O) groups is 3. The van der Waals surface area contributed by atoms with Gasteiger partial charge in [0.15, 0.2) is 11.6 Å². The van der Waals surface area contributed by atoms with E-state index in [2.05, 4.69) is 15.1 Å². The number of benzene rings is 3. The number of piperazine rings is 1. The summed E-state index contributed by atoms with van der Waals surface area (Å²) < 4.78 is 0. The number of aromatic hydroxyl groups is 1.